The van der Waals surface area contributed by atoms with E-state index in [1.807, 2.05) is 0 Å². The average molecular weight is 210 g/mol. The van der Waals surface area contributed by atoms with E-state index in [2.05, 4.69) is 10.3 Å². The maximum absolute atomic E-state index is 11.0. The van der Waals surface area contributed by atoms with E-state index >= 15 is 0 Å². The molecule has 0 bridgehead atoms. The molecule has 0 unspecified atom stereocenters. The van der Waals surface area contributed by atoms with Crippen LogP contribution in [0.25, 0.3) is 0 Å². The molecule has 1 aliphatic rings. The SMILES string of the molecule is O=c1cc(OC2CCNCC2)c(O)c[nH]1. The van der Waals surface area contributed by atoms with Crippen LogP contribution in [0, 0.1) is 0 Å². The van der Waals surface area contributed by atoms with Crippen LogP contribution in [-0.2, 0) is 0 Å². The highest BCUT2D eigenvalue weighted by molar-refractivity contribution is 5.35. The highest BCUT2D eigenvalue weighted by Crippen LogP contribution is 2.24. The van der Waals surface area contributed by atoms with Crippen molar-refractivity contribution in [2.45, 2.75) is 18.9 Å². The molecule has 1 fully saturated rings. The molecule has 0 spiro atoms. The zero-order valence-corrected chi connectivity index (χ0v) is 8.32. The summed E-state index contributed by atoms with van der Waals surface area (Å²) in [5, 5.41) is 12.7. The molecule has 0 radical (unpaired) electrons. The van der Waals surface area contributed by atoms with E-state index in [1.165, 1.54) is 12.3 Å². The van der Waals surface area contributed by atoms with Gasteiger partial charge in [-0.1, -0.05) is 0 Å². The van der Waals surface area contributed by atoms with Gasteiger partial charge in [-0.3, -0.25) is 4.79 Å². The second-order valence-corrected chi connectivity index (χ2v) is 3.61. The van der Waals surface area contributed by atoms with Crippen molar-refractivity contribution >= 4 is 0 Å². The largest absolute Gasteiger partial charge is 0.503 e. The Balaban J connectivity index is 2.08. The van der Waals surface area contributed by atoms with E-state index in [0.29, 0.717) is 0 Å². The van der Waals surface area contributed by atoms with E-state index in [0.717, 1.165) is 25.9 Å². The summed E-state index contributed by atoms with van der Waals surface area (Å²) < 4.78 is 5.56. The molecule has 5 heteroatoms. The quantitative estimate of drug-likeness (QED) is 0.652. The molecule has 0 saturated carbocycles. The van der Waals surface area contributed by atoms with Gasteiger partial charge < -0.3 is 20.1 Å². The third-order valence-corrected chi connectivity index (χ3v) is 2.45. The van der Waals surface area contributed by atoms with Gasteiger partial charge in [0.2, 0.25) is 0 Å². The highest BCUT2D eigenvalue weighted by atomic mass is 16.5. The fourth-order valence-corrected chi connectivity index (χ4v) is 1.63. The fourth-order valence-electron chi connectivity index (χ4n) is 1.63. The molecule has 5 nitrogen and oxygen atoms in total. The Hall–Kier alpha value is -1.49. The summed E-state index contributed by atoms with van der Waals surface area (Å²) in [6.07, 6.45) is 3.12. The number of ether oxygens (including phenoxy) is 1. The van der Waals surface area contributed by atoms with Crippen LogP contribution in [0.3, 0.4) is 0 Å². The first-order chi connectivity index (χ1) is 7.25. The van der Waals surface area contributed by atoms with Crippen molar-refractivity contribution in [3.8, 4) is 11.5 Å². The van der Waals surface area contributed by atoms with Crippen LogP contribution < -0.4 is 15.6 Å². The summed E-state index contributed by atoms with van der Waals surface area (Å²) in [6.45, 7) is 1.82. The van der Waals surface area contributed by atoms with Crippen LogP contribution in [0.15, 0.2) is 17.1 Å². The maximum Gasteiger partial charge on any atom is 0.251 e. The first kappa shape index (κ1) is 10.0. The normalized spacial score (nSPS) is 17.6. The summed E-state index contributed by atoms with van der Waals surface area (Å²) in [6, 6.07) is 1.28. The Bertz CT molecular complexity index is 382. The zero-order chi connectivity index (χ0) is 10.7. The van der Waals surface area contributed by atoms with Gasteiger partial charge in [0, 0.05) is 12.3 Å². The molecule has 15 heavy (non-hydrogen) atoms. The Kier molecular flexibility index (Phi) is 2.91. The average Bonchev–Trinajstić information content (AvgIpc) is 2.25. The number of hydrogen-bond acceptors (Lipinski definition) is 4. The standard InChI is InChI=1S/C10H14N2O3/c13-8-6-12-10(14)5-9(8)15-7-1-3-11-4-2-7/h5-7,11,13H,1-4H2,(H,12,14). The van der Waals surface area contributed by atoms with E-state index in [-0.39, 0.29) is 23.2 Å². The van der Waals surface area contributed by atoms with Gasteiger partial charge in [-0.15, -0.1) is 0 Å². The number of rotatable bonds is 2. The van der Waals surface area contributed by atoms with Crippen LogP contribution in [0.5, 0.6) is 11.5 Å². The van der Waals surface area contributed by atoms with Gasteiger partial charge in [0.15, 0.2) is 11.5 Å². The lowest BCUT2D eigenvalue weighted by molar-refractivity contribution is 0.157. The third-order valence-electron chi connectivity index (χ3n) is 2.45. The molecule has 2 heterocycles. The molecule has 1 aromatic heterocycles. The Morgan fingerprint density at radius 2 is 2.13 bits per heavy atom. The number of nitrogens with one attached hydrogen (secondary N) is 2. The van der Waals surface area contributed by atoms with E-state index in [1.54, 1.807) is 0 Å². The monoisotopic (exact) mass is 210 g/mol. The van der Waals surface area contributed by atoms with Crippen LogP contribution in [0.1, 0.15) is 12.8 Å². The Morgan fingerprint density at radius 3 is 2.87 bits per heavy atom. The number of H-pyrrole nitrogens is 1. The predicted octanol–water partition coefficient (Wildman–Crippen LogP) is 0.211. The minimum atomic E-state index is -0.267. The summed E-state index contributed by atoms with van der Waals surface area (Å²) in [5.74, 6) is 0.249. The third kappa shape index (κ3) is 2.50. The van der Waals surface area contributed by atoms with Crippen molar-refractivity contribution < 1.29 is 9.84 Å². The molecule has 1 aromatic rings. The molecule has 0 atom stereocenters. The second-order valence-electron chi connectivity index (χ2n) is 3.61. The highest BCUT2D eigenvalue weighted by Gasteiger charge is 2.16. The number of hydrogen-bond donors (Lipinski definition) is 3. The molecule has 1 saturated heterocycles. The van der Waals surface area contributed by atoms with E-state index < -0.39 is 0 Å². The first-order valence-electron chi connectivity index (χ1n) is 5.05. The molecule has 1 aliphatic heterocycles. The summed E-state index contributed by atoms with van der Waals surface area (Å²) in [4.78, 5) is 13.4. The van der Waals surface area contributed by atoms with Gasteiger partial charge in [0.25, 0.3) is 5.56 Å². The molecule has 3 N–H and O–H groups in total. The van der Waals surface area contributed by atoms with Crippen molar-refractivity contribution in [3.05, 3.63) is 22.6 Å². The lowest BCUT2D eigenvalue weighted by Crippen LogP contribution is -2.34. The molecular weight excluding hydrogens is 196 g/mol. The maximum atomic E-state index is 11.0. The molecule has 82 valence electrons. The summed E-state index contributed by atoms with van der Waals surface area (Å²) in [7, 11) is 0. The summed E-state index contributed by atoms with van der Waals surface area (Å²) >= 11 is 0. The van der Waals surface area contributed by atoms with Crippen LogP contribution >= 0.6 is 0 Å². The van der Waals surface area contributed by atoms with Gasteiger partial charge in [-0.25, -0.2) is 0 Å². The van der Waals surface area contributed by atoms with Crippen molar-refractivity contribution in [2.75, 3.05) is 13.1 Å². The van der Waals surface area contributed by atoms with Gasteiger partial charge >= 0.3 is 0 Å². The molecule has 2 rings (SSSR count). The minimum Gasteiger partial charge on any atom is -0.503 e. The van der Waals surface area contributed by atoms with Gasteiger partial charge in [0.1, 0.15) is 6.10 Å². The molecule has 0 aliphatic carbocycles. The van der Waals surface area contributed by atoms with Crippen LogP contribution in [0.2, 0.25) is 0 Å². The second kappa shape index (κ2) is 4.35. The lowest BCUT2D eigenvalue weighted by atomic mass is 10.1. The van der Waals surface area contributed by atoms with Crippen molar-refractivity contribution in [2.24, 2.45) is 0 Å². The zero-order valence-electron chi connectivity index (χ0n) is 8.32. The van der Waals surface area contributed by atoms with E-state index in [4.69, 9.17) is 4.74 Å². The first-order valence-corrected chi connectivity index (χ1v) is 5.05. The fraction of sp³-hybridized carbons (Fsp3) is 0.500. The lowest BCUT2D eigenvalue weighted by Gasteiger charge is -2.23. The van der Waals surface area contributed by atoms with Gasteiger partial charge in [0.05, 0.1) is 0 Å². The minimum absolute atomic E-state index is 0.0202. The number of aromatic amines is 1. The van der Waals surface area contributed by atoms with Crippen molar-refractivity contribution in [1.29, 1.82) is 0 Å². The van der Waals surface area contributed by atoms with Crippen LogP contribution in [-0.4, -0.2) is 29.3 Å². The Morgan fingerprint density at radius 1 is 1.40 bits per heavy atom. The van der Waals surface area contributed by atoms with Crippen LogP contribution in [0.4, 0.5) is 0 Å². The smallest absolute Gasteiger partial charge is 0.251 e. The Labute approximate surface area is 87.1 Å². The predicted molar refractivity (Wildman–Crippen MR) is 55.2 cm³/mol. The number of piperidine rings is 1. The van der Waals surface area contributed by atoms with Crippen molar-refractivity contribution in [3.63, 3.8) is 0 Å². The van der Waals surface area contributed by atoms with Crippen molar-refractivity contribution in [1.82, 2.24) is 10.3 Å². The number of pyridine rings is 1. The van der Waals surface area contributed by atoms with Gasteiger partial charge in [-0.05, 0) is 25.9 Å². The van der Waals surface area contributed by atoms with E-state index in [9.17, 15) is 9.90 Å². The number of aromatic hydroxyl groups is 1. The molecule has 0 amide bonds. The topological polar surface area (TPSA) is 74.3 Å². The van der Waals surface area contributed by atoms with Gasteiger partial charge in [-0.2, -0.15) is 0 Å². The molecular formula is C10H14N2O3. The summed E-state index contributed by atoms with van der Waals surface area (Å²) in [5.41, 5.74) is -0.267. The molecule has 0 aromatic carbocycles. The number of aromatic nitrogens is 1.